The number of carbonyl (C=O) groups is 1. The molecule has 0 unspecified atom stereocenters. The van der Waals surface area contributed by atoms with Crippen molar-refractivity contribution < 1.29 is 9.53 Å². The average molecular weight is 312 g/mol. The third-order valence-corrected chi connectivity index (χ3v) is 4.65. The van der Waals surface area contributed by atoms with Crippen molar-refractivity contribution >= 4 is 18.0 Å². The van der Waals surface area contributed by atoms with Gasteiger partial charge in [0, 0.05) is 30.6 Å². The molecule has 0 saturated carbocycles. The number of ether oxygens (including phenoxy) is 1. The Morgan fingerprint density at radius 3 is 2.87 bits per heavy atom. The third-order valence-electron chi connectivity index (χ3n) is 4.65. The number of aliphatic imine (C=N–C) groups is 1. The average Bonchev–Trinajstić information content (AvgIpc) is 2.86. The van der Waals surface area contributed by atoms with Gasteiger partial charge < -0.3 is 9.64 Å². The summed E-state index contributed by atoms with van der Waals surface area (Å²) in [4.78, 5) is 18.7. The van der Waals surface area contributed by atoms with Gasteiger partial charge in [0.15, 0.2) is 0 Å². The third kappa shape index (κ3) is 2.78. The summed E-state index contributed by atoms with van der Waals surface area (Å²) in [5.41, 5.74) is 1.66. The van der Waals surface area contributed by atoms with Crippen LogP contribution in [0.15, 0.2) is 41.9 Å². The Kier molecular flexibility index (Phi) is 3.78. The molecular weight excluding hydrogens is 288 g/mol. The fourth-order valence-electron chi connectivity index (χ4n) is 3.50. The van der Waals surface area contributed by atoms with E-state index in [-0.39, 0.29) is 17.4 Å². The van der Waals surface area contributed by atoms with Gasteiger partial charge in [-0.2, -0.15) is 0 Å². The van der Waals surface area contributed by atoms with Crippen LogP contribution in [-0.2, 0) is 10.2 Å². The standard InChI is InChI=1S/C19H24N2O2/c1-5-14-12-21(17(22)23-18(2,3)4)11-10-19(14)13-20-16-9-7-6-8-15(16)19/h5-9,13-14H,1,10-12H2,2-4H3/t14-,19+/m0/s1. The van der Waals surface area contributed by atoms with Crippen LogP contribution in [0.5, 0.6) is 0 Å². The molecule has 2 atom stereocenters. The van der Waals surface area contributed by atoms with Crippen LogP contribution in [0.1, 0.15) is 32.8 Å². The van der Waals surface area contributed by atoms with Gasteiger partial charge in [-0.25, -0.2) is 4.79 Å². The van der Waals surface area contributed by atoms with Crippen LogP contribution in [0.25, 0.3) is 0 Å². The number of nitrogens with zero attached hydrogens (tertiary/aromatic N) is 2. The molecule has 1 saturated heterocycles. The largest absolute Gasteiger partial charge is 0.444 e. The molecule has 3 rings (SSSR count). The first-order valence-corrected chi connectivity index (χ1v) is 8.11. The lowest BCUT2D eigenvalue weighted by Gasteiger charge is -2.43. The summed E-state index contributed by atoms with van der Waals surface area (Å²) < 4.78 is 5.51. The lowest BCUT2D eigenvalue weighted by atomic mass is 9.67. The van der Waals surface area contributed by atoms with E-state index in [9.17, 15) is 4.79 Å². The molecule has 1 aromatic carbocycles. The van der Waals surface area contributed by atoms with Crippen molar-refractivity contribution in [3.8, 4) is 0 Å². The molecule has 0 bridgehead atoms. The highest BCUT2D eigenvalue weighted by Gasteiger charge is 2.46. The van der Waals surface area contributed by atoms with Crippen molar-refractivity contribution in [1.82, 2.24) is 4.90 Å². The second-order valence-corrected chi connectivity index (χ2v) is 7.33. The first-order chi connectivity index (χ1) is 10.9. The van der Waals surface area contributed by atoms with Crippen LogP contribution >= 0.6 is 0 Å². The highest BCUT2D eigenvalue weighted by Crippen LogP contribution is 2.46. The lowest BCUT2D eigenvalue weighted by Crippen LogP contribution is -2.52. The van der Waals surface area contributed by atoms with E-state index in [1.165, 1.54) is 5.56 Å². The molecule has 1 fully saturated rings. The van der Waals surface area contributed by atoms with Gasteiger partial charge in [0.05, 0.1) is 5.69 Å². The number of benzene rings is 1. The number of hydrogen-bond acceptors (Lipinski definition) is 3. The van der Waals surface area contributed by atoms with Gasteiger partial charge in [-0.15, -0.1) is 6.58 Å². The Balaban J connectivity index is 1.83. The van der Waals surface area contributed by atoms with E-state index < -0.39 is 5.60 Å². The van der Waals surface area contributed by atoms with Gasteiger partial charge in [0.2, 0.25) is 0 Å². The molecule has 4 heteroatoms. The zero-order valence-electron chi connectivity index (χ0n) is 14.1. The number of rotatable bonds is 1. The van der Waals surface area contributed by atoms with Crippen LogP contribution in [-0.4, -0.2) is 35.9 Å². The van der Waals surface area contributed by atoms with Gasteiger partial charge in [0.1, 0.15) is 5.60 Å². The maximum Gasteiger partial charge on any atom is 0.410 e. The van der Waals surface area contributed by atoms with Gasteiger partial charge in [-0.1, -0.05) is 24.3 Å². The summed E-state index contributed by atoms with van der Waals surface area (Å²) in [6.45, 7) is 11.0. The molecule has 122 valence electrons. The Hall–Kier alpha value is -2.10. The SMILES string of the molecule is C=C[C@H]1CN(C(=O)OC(C)(C)C)CC[C@@]12C=Nc1ccccc12. The molecule has 2 aliphatic heterocycles. The Labute approximate surface area is 137 Å². The number of para-hydroxylation sites is 1. The van der Waals surface area contributed by atoms with Crippen LogP contribution in [0.3, 0.4) is 0 Å². The number of piperidine rings is 1. The zero-order chi connectivity index (χ0) is 16.7. The predicted molar refractivity (Wildman–Crippen MR) is 92.4 cm³/mol. The minimum atomic E-state index is -0.475. The number of hydrogen-bond donors (Lipinski definition) is 0. The second kappa shape index (κ2) is 5.52. The molecule has 0 N–H and O–H groups in total. The van der Waals surface area contributed by atoms with Crippen LogP contribution in [0.4, 0.5) is 10.5 Å². The van der Waals surface area contributed by atoms with E-state index in [1.54, 1.807) is 4.90 Å². The van der Waals surface area contributed by atoms with Crippen LogP contribution in [0, 0.1) is 5.92 Å². The van der Waals surface area contributed by atoms with Crippen molar-refractivity contribution in [2.75, 3.05) is 13.1 Å². The topological polar surface area (TPSA) is 41.9 Å². The molecule has 1 amide bonds. The smallest absolute Gasteiger partial charge is 0.410 e. The fourth-order valence-corrected chi connectivity index (χ4v) is 3.50. The molecule has 23 heavy (non-hydrogen) atoms. The lowest BCUT2D eigenvalue weighted by molar-refractivity contribution is 0.0149. The van der Waals surface area contributed by atoms with Crippen LogP contribution in [0.2, 0.25) is 0 Å². The first-order valence-electron chi connectivity index (χ1n) is 8.11. The molecule has 1 aromatic rings. The Morgan fingerprint density at radius 2 is 2.17 bits per heavy atom. The second-order valence-electron chi connectivity index (χ2n) is 7.33. The van der Waals surface area contributed by atoms with Gasteiger partial charge >= 0.3 is 6.09 Å². The highest BCUT2D eigenvalue weighted by atomic mass is 16.6. The number of likely N-dealkylation sites (tertiary alicyclic amines) is 1. The van der Waals surface area contributed by atoms with Gasteiger partial charge in [-0.3, -0.25) is 4.99 Å². The molecule has 1 spiro atoms. The molecule has 0 aliphatic carbocycles. The number of amides is 1. The zero-order valence-corrected chi connectivity index (χ0v) is 14.1. The fraction of sp³-hybridized carbons (Fsp3) is 0.474. The minimum absolute atomic E-state index is 0.135. The summed E-state index contributed by atoms with van der Waals surface area (Å²) in [5.74, 6) is 0.135. The van der Waals surface area contributed by atoms with Crippen molar-refractivity contribution in [2.45, 2.75) is 38.2 Å². The Bertz CT molecular complexity index is 660. The van der Waals surface area contributed by atoms with Crippen LogP contribution < -0.4 is 0 Å². The predicted octanol–water partition coefficient (Wildman–Crippen LogP) is 4.08. The summed E-state index contributed by atoms with van der Waals surface area (Å²) in [5, 5.41) is 0. The maximum atomic E-state index is 12.4. The van der Waals surface area contributed by atoms with E-state index in [2.05, 4.69) is 29.9 Å². The summed E-state index contributed by atoms with van der Waals surface area (Å²) in [7, 11) is 0. The quantitative estimate of drug-likeness (QED) is 0.733. The molecule has 2 aliphatic rings. The van der Waals surface area contributed by atoms with E-state index in [4.69, 9.17) is 4.74 Å². The monoisotopic (exact) mass is 312 g/mol. The minimum Gasteiger partial charge on any atom is -0.444 e. The maximum absolute atomic E-state index is 12.4. The normalized spacial score (nSPS) is 26.2. The van der Waals surface area contributed by atoms with E-state index in [1.807, 2.05) is 39.0 Å². The summed E-state index contributed by atoms with van der Waals surface area (Å²) in [6, 6.07) is 8.24. The van der Waals surface area contributed by atoms with E-state index in [0.29, 0.717) is 13.1 Å². The molecule has 0 aromatic heterocycles. The van der Waals surface area contributed by atoms with Crippen molar-refractivity contribution in [1.29, 1.82) is 0 Å². The number of fused-ring (bicyclic) bond motifs is 2. The van der Waals surface area contributed by atoms with Gasteiger partial charge in [-0.05, 0) is 38.8 Å². The van der Waals surface area contributed by atoms with Crippen molar-refractivity contribution in [2.24, 2.45) is 10.9 Å². The molecule has 4 nitrogen and oxygen atoms in total. The highest BCUT2D eigenvalue weighted by molar-refractivity contribution is 5.86. The van der Waals surface area contributed by atoms with E-state index >= 15 is 0 Å². The van der Waals surface area contributed by atoms with E-state index in [0.717, 1.165) is 12.1 Å². The number of carbonyl (C=O) groups excluding carboxylic acids is 1. The molecule has 2 heterocycles. The summed E-state index contributed by atoms with van der Waals surface area (Å²) in [6.07, 6.45) is 4.59. The summed E-state index contributed by atoms with van der Waals surface area (Å²) >= 11 is 0. The molecular formula is C19H24N2O2. The van der Waals surface area contributed by atoms with Gasteiger partial charge in [0.25, 0.3) is 0 Å². The first kappa shape index (κ1) is 15.8. The van der Waals surface area contributed by atoms with Crippen molar-refractivity contribution in [3.63, 3.8) is 0 Å². The van der Waals surface area contributed by atoms with Crippen molar-refractivity contribution in [3.05, 3.63) is 42.5 Å². The Morgan fingerprint density at radius 1 is 1.43 bits per heavy atom. The molecule has 0 radical (unpaired) electrons.